The molecule has 2 heterocycles. The van der Waals surface area contributed by atoms with Crippen molar-refractivity contribution in [3.8, 4) is 17.1 Å². The summed E-state index contributed by atoms with van der Waals surface area (Å²) in [5.41, 5.74) is 1.45. The van der Waals surface area contributed by atoms with Gasteiger partial charge in [-0.2, -0.15) is 5.10 Å². The number of carbonyl (C=O) groups is 2. The van der Waals surface area contributed by atoms with Gasteiger partial charge in [-0.05, 0) is 36.4 Å². The average molecular weight is 360 g/mol. The fraction of sp³-hybridized carbons (Fsp3) is 0.118. The highest BCUT2D eigenvalue weighted by atomic mass is 35.5. The SMILES string of the molecule is COC(=O)CNC(=O)c1cc(-c2ccco2)n(-c2ccc(Cl)cc2)n1. The van der Waals surface area contributed by atoms with Crippen LogP contribution < -0.4 is 5.32 Å². The molecule has 0 unspecified atom stereocenters. The molecule has 3 rings (SSSR count). The highest BCUT2D eigenvalue weighted by molar-refractivity contribution is 6.30. The molecule has 0 bridgehead atoms. The van der Waals surface area contributed by atoms with Gasteiger partial charge in [-0.15, -0.1) is 0 Å². The monoisotopic (exact) mass is 359 g/mol. The standard InChI is InChI=1S/C17H14ClN3O4/c1-24-16(22)10-19-17(23)13-9-14(15-3-2-8-25-15)21(20-13)12-6-4-11(18)5-7-12/h2-9H,10H2,1H3,(H,19,23). The average Bonchev–Trinajstić information content (AvgIpc) is 3.29. The van der Waals surface area contributed by atoms with Crippen LogP contribution in [-0.2, 0) is 9.53 Å². The predicted octanol–water partition coefficient (Wildman–Crippen LogP) is 2.69. The van der Waals surface area contributed by atoms with E-state index in [4.69, 9.17) is 16.0 Å². The summed E-state index contributed by atoms with van der Waals surface area (Å²) in [5.74, 6) is -0.489. The zero-order valence-corrected chi connectivity index (χ0v) is 14.0. The number of rotatable bonds is 5. The maximum absolute atomic E-state index is 12.2. The quantitative estimate of drug-likeness (QED) is 0.708. The molecular formula is C17H14ClN3O4. The molecule has 0 radical (unpaired) electrons. The lowest BCUT2D eigenvalue weighted by Gasteiger charge is -2.05. The molecule has 0 spiro atoms. The summed E-state index contributed by atoms with van der Waals surface area (Å²) in [6.45, 7) is -0.237. The summed E-state index contributed by atoms with van der Waals surface area (Å²) in [5, 5.41) is 7.36. The molecule has 1 amide bonds. The van der Waals surface area contributed by atoms with Gasteiger partial charge in [0.05, 0.1) is 19.1 Å². The van der Waals surface area contributed by atoms with Crippen molar-refractivity contribution in [2.45, 2.75) is 0 Å². The largest absolute Gasteiger partial charge is 0.468 e. The van der Waals surface area contributed by atoms with Gasteiger partial charge in [0.15, 0.2) is 11.5 Å². The minimum atomic E-state index is -0.545. The maximum atomic E-state index is 12.2. The van der Waals surface area contributed by atoms with Crippen LogP contribution in [0.2, 0.25) is 5.02 Å². The highest BCUT2D eigenvalue weighted by Gasteiger charge is 2.18. The Kier molecular flexibility index (Phi) is 4.85. The Morgan fingerprint density at radius 1 is 1.28 bits per heavy atom. The lowest BCUT2D eigenvalue weighted by molar-refractivity contribution is -0.139. The molecule has 0 fully saturated rings. The van der Waals surface area contributed by atoms with E-state index in [1.807, 2.05) is 0 Å². The number of nitrogens with zero attached hydrogens (tertiary/aromatic N) is 2. The fourth-order valence-corrected chi connectivity index (χ4v) is 2.31. The second-order valence-corrected chi connectivity index (χ2v) is 5.48. The third-order valence-corrected chi connectivity index (χ3v) is 3.66. The Balaban J connectivity index is 1.96. The molecule has 2 aromatic heterocycles. The van der Waals surface area contributed by atoms with Crippen molar-refractivity contribution in [1.29, 1.82) is 0 Å². The van der Waals surface area contributed by atoms with Gasteiger partial charge >= 0.3 is 5.97 Å². The van der Waals surface area contributed by atoms with Crippen LogP contribution in [0.3, 0.4) is 0 Å². The summed E-state index contributed by atoms with van der Waals surface area (Å²) in [6.07, 6.45) is 1.53. The Labute approximate surface area is 148 Å². The fourth-order valence-electron chi connectivity index (χ4n) is 2.19. The van der Waals surface area contributed by atoms with Crippen LogP contribution in [0.1, 0.15) is 10.5 Å². The number of amides is 1. The Morgan fingerprint density at radius 2 is 2.04 bits per heavy atom. The van der Waals surface area contributed by atoms with Gasteiger partial charge in [-0.3, -0.25) is 9.59 Å². The third-order valence-electron chi connectivity index (χ3n) is 3.41. The molecular weight excluding hydrogens is 346 g/mol. The van der Waals surface area contributed by atoms with Gasteiger partial charge in [-0.25, -0.2) is 4.68 Å². The Morgan fingerprint density at radius 3 is 2.68 bits per heavy atom. The van der Waals surface area contributed by atoms with Crippen LogP contribution in [0.5, 0.6) is 0 Å². The molecule has 0 atom stereocenters. The number of methoxy groups -OCH3 is 1. The topological polar surface area (TPSA) is 86.4 Å². The van der Waals surface area contributed by atoms with Crippen LogP contribution in [-0.4, -0.2) is 35.3 Å². The molecule has 7 nitrogen and oxygen atoms in total. The van der Waals surface area contributed by atoms with E-state index in [2.05, 4.69) is 15.2 Å². The summed E-state index contributed by atoms with van der Waals surface area (Å²) >= 11 is 5.92. The summed E-state index contributed by atoms with van der Waals surface area (Å²) in [6, 6.07) is 12.1. The molecule has 0 aliphatic rings. The number of hydrogen-bond acceptors (Lipinski definition) is 5. The number of esters is 1. The molecule has 128 valence electrons. The van der Waals surface area contributed by atoms with Crippen molar-refractivity contribution in [2.24, 2.45) is 0 Å². The van der Waals surface area contributed by atoms with Crippen molar-refractivity contribution >= 4 is 23.5 Å². The van der Waals surface area contributed by atoms with Gasteiger partial charge in [0.1, 0.15) is 12.2 Å². The first-order valence-electron chi connectivity index (χ1n) is 7.33. The molecule has 1 N–H and O–H groups in total. The van der Waals surface area contributed by atoms with Crippen molar-refractivity contribution in [2.75, 3.05) is 13.7 Å². The lowest BCUT2D eigenvalue weighted by Crippen LogP contribution is -2.30. The van der Waals surface area contributed by atoms with Crippen LogP contribution in [0.4, 0.5) is 0 Å². The molecule has 3 aromatic rings. The Hall–Kier alpha value is -3.06. The van der Waals surface area contributed by atoms with Gasteiger partial charge in [0, 0.05) is 11.1 Å². The highest BCUT2D eigenvalue weighted by Crippen LogP contribution is 2.25. The van der Waals surface area contributed by atoms with Gasteiger partial charge in [0.25, 0.3) is 5.91 Å². The van der Waals surface area contributed by atoms with E-state index in [0.29, 0.717) is 22.2 Å². The zero-order chi connectivity index (χ0) is 17.8. The summed E-state index contributed by atoms with van der Waals surface area (Å²) < 4.78 is 11.5. The summed E-state index contributed by atoms with van der Waals surface area (Å²) in [4.78, 5) is 23.4. The van der Waals surface area contributed by atoms with Crippen LogP contribution in [0, 0.1) is 0 Å². The maximum Gasteiger partial charge on any atom is 0.325 e. The minimum Gasteiger partial charge on any atom is -0.468 e. The number of nitrogens with one attached hydrogen (secondary N) is 1. The van der Waals surface area contributed by atoms with Crippen LogP contribution in [0.25, 0.3) is 17.1 Å². The molecule has 0 saturated carbocycles. The molecule has 8 heteroatoms. The predicted molar refractivity (Wildman–Crippen MR) is 90.6 cm³/mol. The van der Waals surface area contributed by atoms with Crippen molar-refractivity contribution in [3.05, 3.63) is 59.4 Å². The normalized spacial score (nSPS) is 10.5. The number of benzene rings is 1. The molecule has 25 heavy (non-hydrogen) atoms. The van der Waals surface area contributed by atoms with Crippen molar-refractivity contribution in [1.82, 2.24) is 15.1 Å². The number of halogens is 1. The van der Waals surface area contributed by atoms with Crippen molar-refractivity contribution < 1.29 is 18.7 Å². The first-order valence-corrected chi connectivity index (χ1v) is 7.71. The Bertz CT molecular complexity index is 885. The molecule has 0 saturated heterocycles. The number of carbonyl (C=O) groups excluding carboxylic acids is 2. The van der Waals surface area contributed by atoms with Gasteiger partial charge in [0.2, 0.25) is 0 Å². The molecule has 0 aliphatic heterocycles. The van der Waals surface area contributed by atoms with E-state index in [1.165, 1.54) is 13.4 Å². The first-order chi connectivity index (χ1) is 12.1. The van der Waals surface area contributed by atoms with Crippen LogP contribution in [0.15, 0.2) is 53.1 Å². The minimum absolute atomic E-state index is 0.144. The molecule has 1 aromatic carbocycles. The third kappa shape index (κ3) is 3.72. The van der Waals surface area contributed by atoms with E-state index < -0.39 is 11.9 Å². The van der Waals surface area contributed by atoms with Crippen molar-refractivity contribution in [3.63, 3.8) is 0 Å². The van der Waals surface area contributed by atoms with E-state index >= 15 is 0 Å². The second kappa shape index (κ2) is 7.23. The van der Waals surface area contributed by atoms with E-state index in [9.17, 15) is 9.59 Å². The van der Waals surface area contributed by atoms with Crippen LogP contribution >= 0.6 is 11.6 Å². The zero-order valence-electron chi connectivity index (χ0n) is 13.2. The van der Waals surface area contributed by atoms with E-state index in [-0.39, 0.29) is 12.2 Å². The number of aromatic nitrogens is 2. The number of hydrogen-bond donors (Lipinski definition) is 1. The number of furan rings is 1. The van der Waals surface area contributed by atoms with Gasteiger partial charge < -0.3 is 14.5 Å². The lowest BCUT2D eigenvalue weighted by atomic mass is 10.2. The summed E-state index contributed by atoms with van der Waals surface area (Å²) in [7, 11) is 1.25. The smallest absolute Gasteiger partial charge is 0.325 e. The number of ether oxygens (including phenoxy) is 1. The van der Waals surface area contributed by atoms with E-state index in [0.717, 1.165) is 0 Å². The van der Waals surface area contributed by atoms with Gasteiger partial charge in [-0.1, -0.05) is 11.6 Å². The second-order valence-electron chi connectivity index (χ2n) is 5.04. The van der Waals surface area contributed by atoms with E-state index in [1.54, 1.807) is 47.1 Å². The molecule has 0 aliphatic carbocycles. The first kappa shape index (κ1) is 16.8.